The van der Waals surface area contributed by atoms with Crippen molar-refractivity contribution in [2.75, 3.05) is 5.32 Å². The van der Waals surface area contributed by atoms with Crippen molar-refractivity contribution in [3.05, 3.63) is 83.6 Å². The lowest BCUT2D eigenvalue weighted by Gasteiger charge is -2.11. The van der Waals surface area contributed by atoms with Crippen LogP contribution in [0.1, 0.15) is 0 Å². The molecule has 0 unspecified atom stereocenters. The molecule has 134 valence electrons. The van der Waals surface area contributed by atoms with Gasteiger partial charge in [0.2, 0.25) is 5.91 Å². The number of rotatable bonds is 4. The van der Waals surface area contributed by atoms with Crippen LogP contribution in [0.2, 0.25) is 5.02 Å². The summed E-state index contributed by atoms with van der Waals surface area (Å²) >= 11 is 6.35. The zero-order valence-corrected chi connectivity index (χ0v) is 14.9. The van der Waals surface area contributed by atoms with Gasteiger partial charge in [-0.15, -0.1) is 0 Å². The molecule has 1 amide bonds. The van der Waals surface area contributed by atoms with Gasteiger partial charge in [-0.25, -0.2) is 9.37 Å². The standard InChI is InChI=1S/C21H15ClFN3O/c22-17-9-2-1-8-16(17)21-25-18-10-3-4-11-19(18)26(21)13-20(27)24-15-7-5-6-14(23)12-15/h1-12H,13H2,(H,24,27). The maximum Gasteiger partial charge on any atom is 0.244 e. The number of fused-ring (bicyclic) bond motifs is 1. The number of benzene rings is 3. The minimum Gasteiger partial charge on any atom is -0.324 e. The highest BCUT2D eigenvalue weighted by Crippen LogP contribution is 2.30. The molecule has 0 radical (unpaired) electrons. The van der Waals surface area contributed by atoms with Gasteiger partial charge in [0.25, 0.3) is 0 Å². The molecule has 0 spiro atoms. The summed E-state index contributed by atoms with van der Waals surface area (Å²) < 4.78 is 15.2. The molecule has 6 heteroatoms. The van der Waals surface area contributed by atoms with Gasteiger partial charge >= 0.3 is 0 Å². The summed E-state index contributed by atoms with van der Waals surface area (Å²) in [4.78, 5) is 17.2. The second-order valence-electron chi connectivity index (χ2n) is 6.05. The minimum absolute atomic E-state index is 0.0254. The van der Waals surface area contributed by atoms with Crippen LogP contribution in [-0.4, -0.2) is 15.5 Å². The molecule has 0 saturated carbocycles. The lowest BCUT2D eigenvalue weighted by Crippen LogP contribution is -2.19. The second-order valence-corrected chi connectivity index (χ2v) is 6.46. The van der Waals surface area contributed by atoms with Crippen LogP contribution in [-0.2, 0) is 11.3 Å². The number of para-hydroxylation sites is 2. The molecule has 0 aliphatic rings. The van der Waals surface area contributed by atoms with Crippen molar-refractivity contribution in [3.8, 4) is 11.4 Å². The fourth-order valence-electron chi connectivity index (χ4n) is 2.99. The summed E-state index contributed by atoms with van der Waals surface area (Å²) in [7, 11) is 0. The van der Waals surface area contributed by atoms with Crippen LogP contribution in [0.15, 0.2) is 72.8 Å². The Labute approximate surface area is 160 Å². The largest absolute Gasteiger partial charge is 0.324 e. The van der Waals surface area contributed by atoms with Crippen LogP contribution in [0.25, 0.3) is 22.4 Å². The predicted molar refractivity (Wildman–Crippen MR) is 105 cm³/mol. The first-order valence-corrected chi connectivity index (χ1v) is 8.75. The average Bonchev–Trinajstić information content (AvgIpc) is 3.00. The Morgan fingerprint density at radius 1 is 1.04 bits per heavy atom. The quantitative estimate of drug-likeness (QED) is 0.534. The molecule has 27 heavy (non-hydrogen) atoms. The third-order valence-corrected chi connectivity index (χ3v) is 4.51. The maximum atomic E-state index is 13.4. The van der Waals surface area contributed by atoms with Gasteiger partial charge in [0, 0.05) is 11.3 Å². The van der Waals surface area contributed by atoms with Gasteiger partial charge in [-0.3, -0.25) is 4.79 Å². The first-order valence-electron chi connectivity index (χ1n) is 8.37. The molecular weight excluding hydrogens is 365 g/mol. The molecule has 4 aromatic rings. The van der Waals surface area contributed by atoms with Gasteiger partial charge in [-0.1, -0.05) is 41.9 Å². The summed E-state index contributed by atoms with van der Waals surface area (Å²) in [6.45, 7) is 0.0254. The molecule has 0 fully saturated rings. The number of aromatic nitrogens is 2. The molecule has 0 saturated heterocycles. The molecule has 0 aliphatic heterocycles. The molecule has 1 N–H and O–H groups in total. The Hall–Kier alpha value is -3.18. The van der Waals surface area contributed by atoms with E-state index in [0.29, 0.717) is 16.5 Å². The molecule has 4 rings (SSSR count). The van der Waals surface area contributed by atoms with Gasteiger partial charge in [0.15, 0.2) is 0 Å². The average molecular weight is 380 g/mol. The predicted octanol–water partition coefficient (Wildman–Crippen LogP) is 5.13. The smallest absolute Gasteiger partial charge is 0.244 e. The van der Waals surface area contributed by atoms with Crippen molar-refractivity contribution < 1.29 is 9.18 Å². The monoisotopic (exact) mass is 379 g/mol. The Kier molecular flexibility index (Phi) is 4.60. The van der Waals surface area contributed by atoms with Gasteiger partial charge < -0.3 is 9.88 Å². The van der Waals surface area contributed by atoms with Crippen molar-refractivity contribution in [1.82, 2.24) is 9.55 Å². The highest BCUT2D eigenvalue weighted by Gasteiger charge is 2.17. The summed E-state index contributed by atoms with van der Waals surface area (Å²) in [5.41, 5.74) is 2.74. The van der Waals surface area contributed by atoms with Crippen molar-refractivity contribution in [2.24, 2.45) is 0 Å². The topological polar surface area (TPSA) is 46.9 Å². The number of imidazole rings is 1. The van der Waals surface area contributed by atoms with Crippen molar-refractivity contribution in [2.45, 2.75) is 6.54 Å². The summed E-state index contributed by atoms with van der Waals surface area (Å²) in [6.07, 6.45) is 0. The van der Waals surface area contributed by atoms with E-state index >= 15 is 0 Å². The zero-order valence-electron chi connectivity index (χ0n) is 14.2. The zero-order chi connectivity index (χ0) is 18.8. The van der Waals surface area contributed by atoms with E-state index in [0.717, 1.165) is 16.6 Å². The van der Waals surface area contributed by atoms with E-state index < -0.39 is 5.82 Å². The van der Waals surface area contributed by atoms with Gasteiger partial charge in [-0.2, -0.15) is 0 Å². The molecule has 0 atom stereocenters. The van der Waals surface area contributed by atoms with Gasteiger partial charge in [-0.05, 0) is 42.5 Å². The second kappa shape index (κ2) is 7.21. The summed E-state index contributed by atoms with van der Waals surface area (Å²) in [6, 6.07) is 20.7. The highest BCUT2D eigenvalue weighted by molar-refractivity contribution is 6.33. The van der Waals surface area contributed by atoms with Crippen LogP contribution >= 0.6 is 11.6 Å². The third-order valence-electron chi connectivity index (χ3n) is 4.18. The van der Waals surface area contributed by atoms with E-state index in [1.807, 2.05) is 47.0 Å². The number of hydrogen-bond acceptors (Lipinski definition) is 2. The normalized spacial score (nSPS) is 10.9. The Bertz CT molecular complexity index is 1140. The lowest BCUT2D eigenvalue weighted by atomic mass is 10.2. The first kappa shape index (κ1) is 17.2. The number of anilines is 1. The van der Waals surface area contributed by atoms with E-state index in [4.69, 9.17) is 11.6 Å². The van der Waals surface area contributed by atoms with Gasteiger partial charge in [0.1, 0.15) is 18.2 Å². The number of amides is 1. The molecule has 1 heterocycles. The van der Waals surface area contributed by atoms with Crippen molar-refractivity contribution in [1.29, 1.82) is 0 Å². The number of hydrogen-bond donors (Lipinski definition) is 1. The minimum atomic E-state index is -0.405. The van der Waals surface area contributed by atoms with Crippen LogP contribution in [0.4, 0.5) is 10.1 Å². The fraction of sp³-hybridized carbons (Fsp3) is 0.0476. The molecule has 1 aromatic heterocycles. The molecule has 0 bridgehead atoms. The van der Waals surface area contributed by atoms with E-state index in [9.17, 15) is 9.18 Å². The Balaban J connectivity index is 1.73. The molecule has 4 nitrogen and oxygen atoms in total. The van der Waals surface area contributed by atoms with Crippen LogP contribution in [0.3, 0.4) is 0 Å². The maximum absolute atomic E-state index is 13.4. The van der Waals surface area contributed by atoms with Crippen LogP contribution in [0.5, 0.6) is 0 Å². The highest BCUT2D eigenvalue weighted by atomic mass is 35.5. The summed E-state index contributed by atoms with van der Waals surface area (Å²) in [5.74, 6) is -0.0779. The number of nitrogens with one attached hydrogen (secondary N) is 1. The Morgan fingerprint density at radius 3 is 2.63 bits per heavy atom. The van der Waals surface area contributed by atoms with Crippen LogP contribution < -0.4 is 5.32 Å². The van der Waals surface area contributed by atoms with E-state index in [2.05, 4.69) is 10.3 Å². The first-order chi connectivity index (χ1) is 13.1. The summed E-state index contributed by atoms with van der Waals surface area (Å²) in [5, 5.41) is 3.27. The molecule has 0 aliphatic carbocycles. The van der Waals surface area contributed by atoms with E-state index in [1.54, 1.807) is 18.2 Å². The van der Waals surface area contributed by atoms with Crippen molar-refractivity contribution >= 4 is 34.2 Å². The van der Waals surface area contributed by atoms with Gasteiger partial charge in [0.05, 0.1) is 16.1 Å². The Morgan fingerprint density at radius 2 is 1.81 bits per heavy atom. The van der Waals surface area contributed by atoms with Crippen LogP contribution in [0, 0.1) is 5.82 Å². The number of nitrogens with zero attached hydrogens (tertiary/aromatic N) is 2. The molecule has 3 aromatic carbocycles. The third kappa shape index (κ3) is 3.55. The van der Waals surface area contributed by atoms with E-state index in [-0.39, 0.29) is 12.5 Å². The number of carbonyl (C=O) groups is 1. The lowest BCUT2D eigenvalue weighted by molar-refractivity contribution is -0.116. The molecular formula is C21H15ClFN3O. The number of carbonyl (C=O) groups excluding carboxylic acids is 1. The van der Waals surface area contributed by atoms with Crippen molar-refractivity contribution in [3.63, 3.8) is 0 Å². The van der Waals surface area contributed by atoms with E-state index in [1.165, 1.54) is 12.1 Å². The fourth-order valence-corrected chi connectivity index (χ4v) is 3.21. The SMILES string of the molecule is O=C(Cn1c(-c2ccccc2Cl)nc2ccccc21)Nc1cccc(F)c1. The number of halogens is 2.